The lowest BCUT2D eigenvalue weighted by atomic mass is 10.1. The Labute approximate surface area is 107 Å². The van der Waals surface area contributed by atoms with Gasteiger partial charge in [0.1, 0.15) is 5.75 Å². The molecule has 0 aliphatic rings. The lowest BCUT2D eigenvalue weighted by Gasteiger charge is -2.09. The van der Waals surface area contributed by atoms with Crippen LogP contribution in [-0.2, 0) is 13.2 Å². The maximum absolute atomic E-state index is 9.47. The summed E-state index contributed by atoms with van der Waals surface area (Å²) in [5, 5.41) is 21.8. The summed E-state index contributed by atoms with van der Waals surface area (Å²) in [7, 11) is 0. The molecule has 18 heavy (non-hydrogen) atoms. The molecule has 2 rings (SSSR count). The topological polar surface area (TPSA) is 52.5 Å². The van der Waals surface area contributed by atoms with Gasteiger partial charge in [-0.2, -0.15) is 0 Å². The highest BCUT2D eigenvalue weighted by Crippen LogP contribution is 2.21. The van der Waals surface area contributed by atoms with Gasteiger partial charge in [0, 0.05) is 17.8 Å². The minimum Gasteiger partial charge on any atom is -0.508 e. The number of hydrogen-bond donors (Lipinski definition) is 3. The van der Waals surface area contributed by atoms with Crippen LogP contribution in [-0.4, -0.2) is 10.2 Å². The van der Waals surface area contributed by atoms with E-state index in [0.29, 0.717) is 5.56 Å². The van der Waals surface area contributed by atoms with Crippen molar-refractivity contribution in [3.63, 3.8) is 0 Å². The van der Waals surface area contributed by atoms with Crippen LogP contribution in [0, 0.1) is 6.92 Å². The summed E-state index contributed by atoms with van der Waals surface area (Å²) >= 11 is 0. The van der Waals surface area contributed by atoms with Gasteiger partial charge >= 0.3 is 0 Å². The number of aliphatic hydroxyl groups excluding tert-OH is 1. The Bertz CT molecular complexity index is 538. The highest BCUT2D eigenvalue weighted by atomic mass is 16.3. The smallest absolute Gasteiger partial charge is 0.121 e. The van der Waals surface area contributed by atoms with Crippen LogP contribution in [0.5, 0.6) is 5.75 Å². The highest BCUT2D eigenvalue weighted by Gasteiger charge is 2.01. The molecule has 0 atom stereocenters. The van der Waals surface area contributed by atoms with Gasteiger partial charge in [-0.3, -0.25) is 0 Å². The molecular weight excluding hydrogens is 226 g/mol. The first-order valence-electron chi connectivity index (χ1n) is 5.91. The molecule has 3 heteroatoms. The van der Waals surface area contributed by atoms with Crippen molar-refractivity contribution in [2.75, 3.05) is 5.32 Å². The molecule has 0 heterocycles. The molecular formula is C15H17NO2. The molecule has 0 bridgehead atoms. The predicted molar refractivity (Wildman–Crippen MR) is 72.5 cm³/mol. The Morgan fingerprint density at radius 1 is 1.11 bits per heavy atom. The quantitative estimate of drug-likeness (QED) is 0.724. The van der Waals surface area contributed by atoms with Crippen molar-refractivity contribution in [1.82, 2.24) is 0 Å². The van der Waals surface area contributed by atoms with E-state index in [1.807, 2.05) is 6.07 Å². The third-order valence-electron chi connectivity index (χ3n) is 2.83. The van der Waals surface area contributed by atoms with Crippen LogP contribution in [0.3, 0.4) is 0 Å². The van der Waals surface area contributed by atoms with E-state index in [4.69, 9.17) is 5.11 Å². The van der Waals surface area contributed by atoms with Gasteiger partial charge in [0.05, 0.1) is 6.61 Å². The van der Waals surface area contributed by atoms with Crippen molar-refractivity contribution in [3.8, 4) is 5.75 Å². The van der Waals surface area contributed by atoms with Crippen LogP contribution in [0.4, 0.5) is 5.69 Å². The third-order valence-corrected chi connectivity index (χ3v) is 2.83. The van der Waals surface area contributed by atoms with Crippen molar-refractivity contribution in [3.05, 3.63) is 59.2 Å². The van der Waals surface area contributed by atoms with E-state index in [2.05, 4.69) is 30.4 Å². The van der Waals surface area contributed by atoms with Crippen LogP contribution in [0.25, 0.3) is 0 Å². The Balaban J connectivity index is 2.06. The number of rotatable bonds is 4. The molecule has 94 valence electrons. The van der Waals surface area contributed by atoms with Crippen molar-refractivity contribution in [2.24, 2.45) is 0 Å². The lowest BCUT2D eigenvalue weighted by Crippen LogP contribution is -2.00. The molecule has 0 spiro atoms. The lowest BCUT2D eigenvalue weighted by molar-refractivity contribution is 0.275. The molecule has 0 saturated heterocycles. The number of aliphatic hydroxyl groups is 1. The number of phenols is 1. The van der Waals surface area contributed by atoms with E-state index in [1.165, 1.54) is 11.1 Å². The molecule has 0 aliphatic heterocycles. The van der Waals surface area contributed by atoms with E-state index >= 15 is 0 Å². The van der Waals surface area contributed by atoms with Gasteiger partial charge in [-0.1, -0.05) is 29.8 Å². The average molecular weight is 243 g/mol. The molecule has 3 nitrogen and oxygen atoms in total. The molecule has 0 unspecified atom stereocenters. The molecule has 0 aliphatic carbocycles. The number of benzene rings is 2. The Morgan fingerprint density at radius 3 is 2.67 bits per heavy atom. The zero-order valence-electron chi connectivity index (χ0n) is 10.4. The van der Waals surface area contributed by atoms with Gasteiger partial charge in [-0.15, -0.1) is 0 Å². The molecule has 2 aromatic rings. The standard InChI is InChI=1S/C15H17NO2/c1-11-3-2-4-12(7-11)9-16-14-5-6-15(18)13(8-14)10-17/h2-8,16-18H,9-10H2,1H3. The van der Waals surface area contributed by atoms with Crippen LogP contribution in [0.2, 0.25) is 0 Å². The van der Waals surface area contributed by atoms with Gasteiger partial charge in [0.15, 0.2) is 0 Å². The summed E-state index contributed by atoms with van der Waals surface area (Å²) in [5.74, 6) is 0.124. The predicted octanol–water partition coefficient (Wildman–Crippen LogP) is 2.81. The number of aromatic hydroxyl groups is 1. The van der Waals surface area contributed by atoms with Crippen LogP contribution < -0.4 is 5.32 Å². The summed E-state index contributed by atoms with van der Waals surface area (Å²) in [6.45, 7) is 2.62. The first kappa shape index (κ1) is 12.5. The minimum atomic E-state index is -0.161. The fourth-order valence-electron chi connectivity index (χ4n) is 1.85. The maximum atomic E-state index is 9.47. The maximum Gasteiger partial charge on any atom is 0.121 e. The molecule has 0 fully saturated rings. The fourth-order valence-corrected chi connectivity index (χ4v) is 1.85. The van der Waals surface area contributed by atoms with Crippen molar-refractivity contribution in [2.45, 2.75) is 20.1 Å². The van der Waals surface area contributed by atoms with Crippen molar-refractivity contribution in [1.29, 1.82) is 0 Å². The summed E-state index contributed by atoms with van der Waals surface area (Å²) < 4.78 is 0. The van der Waals surface area contributed by atoms with Gasteiger partial charge in [-0.25, -0.2) is 0 Å². The van der Waals surface area contributed by atoms with E-state index in [9.17, 15) is 5.11 Å². The average Bonchev–Trinajstić information content (AvgIpc) is 2.38. The number of hydrogen-bond acceptors (Lipinski definition) is 3. The summed E-state index contributed by atoms with van der Waals surface area (Å²) in [4.78, 5) is 0. The molecule has 0 radical (unpaired) electrons. The van der Waals surface area contributed by atoms with Gasteiger partial charge < -0.3 is 15.5 Å². The van der Waals surface area contributed by atoms with Crippen LogP contribution in [0.1, 0.15) is 16.7 Å². The number of aryl methyl sites for hydroxylation is 1. The van der Waals surface area contributed by atoms with Crippen molar-refractivity contribution >= 4 is 5.69 Å². The first-order valence-corrected chi connectivity index (χ1v) is 5.91. The molecule has 3 N–H and O–H groups in total. The van der Waals surface area contributed by atoms with Crippen LogP contribution in [0.15, 0.2) is 42.5 Å². The van der Waals surface area contributed by atoms with E-state index in [0.717, 1.165) is 12.2 Å². The van der Waals surface area contributed by atoms with E-state index < -0.39 is 0 Å². The summed E-state index contributed by atoms with van der Waals surface area (Å²) in [6.07, 6.45) is 0. The van der Waals surface area contributed by atoms with Crippen molar-refractivity contribution < 1.29 is 10.2 Å². The Hall–Kier alpha value is -2.00. The highest BCUT2D eigenvalue weighted by molar-refractivity contribution is 5.50. The molecule has 0 saturated carbocycles. The summed E-state index contributed by atoms with van der Waals surface area (Å²) in [5.41, 5.74) is 3.85. The Morgan fingerprint density at radius 2 is 1.94 bits per heavy atom. The van der Waals surface area contributed by atoms with Crippen LogP contribution >= 0.6 is 0 Å². The summed E-state index contributed by atoms with van der Waals surface area (Å²) in [6, 6.07) is 13.4. The Kier molecular flexibility index (Phi) is 3.85. The van der Waals surface area contributed by atoms with E-state index in [-0.39, 0.29) is 12.4 Å². The third kappa shape index (κ3) is 3.02. The second kappa shape index (κ2) is 5.56. The minimum absolute atomic E-state index is 0.124. The largest absolute Gasteiger partial charge is 0.508 e. The molecule has 0 amide bonds. The van der Waals surface area contributed by atoms with Gasteiger partial charge in [0.25, 0.3) is 0 Å². The second-order valence-corrected chi connectivity index (χ2v) is 4.34. The zero-order chi connectivity index (χ0) is 13.0. The normalized spacial score (nSPS) is 10.3. The second-order valence-electron chi connectivity index (χ2n) is 4.34. The number of nitrogens with one attached hydrogen (secondary N) is 1. The monoisotopic (exact) mass is 243 g/mol. The molecule has 2 aromatic carbocycles. The van der Waals surface area contributed by atoms with Gasteiger partial charge in [0.2, 0.25) is 0 Å². The fraction of sp³-hybridized carbons (Fsp3) is 0.200. The van der Waals surface area contributed by atoms with Gasteiger partial charge in [-0.05, 0) is 30.7 Å². The first-order chi connectivity index (χ1) is 8.69. The number of anilines is 1. The zero-order valence-corrected chi connectivity index (χ0v) is 10.4. The van der Waals surface area contributed by atoms with E-state index in [1.54, 1.807) is 18.2 Å². The molecule has 0 aromatic heterocycles. The SMILES string of the molecule is Cc1cccc(CNc2ccc(O)c(CO)c2)c1.